The van der Waals surface area contributed by atoms with Gasteiger partial charge in [0, 0.05) is 38.3 Å². The van der Waals surface area contributed by atoms with Gasteiger partial charge in [-0.2, -0.15) is 0 Å². The summed E-state index contributed by atoms with van der Waals surface area (Å²) in [6.45, 7) is 6.57. The van der Waals surface area contributed by atoms with E-state index in [1.807, 2.05) is 52.1 Å². The quantitative estimate of drug-likeness (QED) is 0.361. The molecule has 2 N–H and O–H groups in total. The number of aliphatic imine (C=N–C) groups is 1. The third kappa shape index (κ3) is 9.05. The lowest BCUT2D eigenvalue weighted by Crippen LogP contribution is -2.49. The predicted molar refractivity (Wildman–Crippen MR) is 119 cm³/mol. The van der Waals surface area contributed by atoms with Gasteiger partial charge in [-0.3, -0.25) is 9.79 Å². The number of methoxy groups -OCH3 is 1. The van der Waals surface area contributed by atoms with Gasteiger partial charge in [-0.05, 0) is 38.5 Å². The summed E-state index contributed by atoms with van der Waals surface area (Å²) in [7, 11) is 5.15. The Bertz CT molecular complexity index is 605. The fourth-order valence-corrected chi connectivity index (χ4v) is 2.56. The number of nitrogens with one attached hydrogen (secondary N) is 2. The molecule has 0 bridgehead atoms. The van der Waals surface area contributed by atoms with Crippen molar-refractivity contribution in [2.45, 2.75) is 32.4 Å². The van der Waals surface area contributed by atoms with Crippen LogP contribution in [0.25, 0.3) is 0 Å². The van der Waals surface area contributed by atoms with Crippen LogP contribution in [-0.4, -0.2) is 56.6 Å². The second-order valence-electron chi connectivity index (χ2n) is 6.86. The molecule has 0 aliphatic heterocycles. The zero-order valence-electron chi connectivity index (χ0n) is 16.3. The molecule has 0 radical (unpaired) electrons. The highest BCUT2D eigenvalue weighted by Crippen LogP contribution is 2.19. The van der Waals surface area contributed by atoms with Crippen LogP contribution in [0.4, 0.5) is 0 Å². The molecule has 0 saturated heterocycles. The molecule has 6 nitrogen and oxygen atoms in total. The van der Waals surface area contributed by atoms with E-state index in [-0.39, 0.29) is 48.1 Å². The number of amides is 1. The van der Waals surface area contributed by atoms with Gasteiger partial charge in [0.1, 0.15) is 0 Å². The second-order valence-corrected chi connectivity index (χ2v) is 7.30. The van der Waals surface area contributed by atoms with Crippen molar-refractivity contribution in [1.29, 1.82) is 0 Å². The molecule has 26 heavy (non-hydrogen) atoms. The monoisotopic (exact) mass is 496 g/mol. The molecule has 8 heteroatoms. The molecule has 148 valence electrons. The Morgan fingerprint density at radius 2 is 2.04 bits per heavy atom. The van der Waals surface area contributed by atoms with Crippen LogP contribution in [0.2, 0.25) is 5.02 Å². The zero-order chi connectivity index (χ0) is 19.0. The highest BCUT2D eigenvalue weighted by atomic mass is 127. The van der Waals surface area contributed by atoms with E-state index in [1.165, 1.54) is 0 Å². The van der Waals surface area contributed by atoms with E-state index >= 15 is 0 Å². The first kappa shape index (κ1) is 24.9. The Labute approximate surface area is 178 Å². The molecule has 1 aromatic rings. The van der Waals surface area contributed by atoms with Crippen LogP contribution in [0.5, 0.6) is 0 Å². The first-order chi connectivity index (χ1) is 11.7. The molecule has 1 rings (SSSR count). The normalized spacial score (nSPS) is 12.8. The van der Waals surface area contributed by atoms with Gasteiger partial charge in [0.15, 0.2) is 5.96 Å². The summed E-state index contributed by atoms with van der Waals surface area (Å²) in [5, 5.41) is 6.84. The highest BCUT2D eigenvalue weighted by Gasteiger charge is 2.18. The maximum absolute atomic E-state index is 12.1. The summed E-state index contributed by atoms with van der Waals surface area (Å²) in [4.78, 5) is 18.1. The van der Waals surface area contributed by atoms with Crippen molar-refractivity contribution in [3.63, 3.8) is 0 Å². The fourth-order valence-electron chi connectivity index (χ4n) is 2.36. The molecular formula is C18H30ClIN4O2. The Kier molecular flexibility index (Phi) is 11.1. The molecule has 1 atom stereocenters. The van der Waals surface area contributed by atoms with Gasteiger partial charge in [-0.15, -0.1) is 24.0 Å². The number of ether oxygens (including phenoxy) is 1. The number of guanidine groups is 1. The molecule has 0 fully saturated rings. The molecule has 0 aromatic heterocycles. The van der Waals surface area contributed by atoms with E-state index < -0.39 is 0 Å². The van der Waals surface area contributed by atoms with Gasteiger partial charge in [0.05, 0.1) is 12.6 Å². The number of rotatable bonds is 6. The number of carbonyl (C=O) groups excluding carboxylic acids is 1. The average molecular weight is 497 g/mol. The summed E-state index contributed by atoms with van der Waals surface area (Å²) in [5.41, 5.74) is 0.717. The molecule has 1 amide bonds. The number of likely N-dealkylation sites (N-methyl/N-ethyl adjacent to an activating group) is 1. The van der Waals surface area contributed by atoms with Gasteiger partial charge in [0.2, 0.25) is 5.91 Å². The molecule has 0 saturated carbocycles. The minimum Gasteiger partial charge on any atom is -0.375 e. The molecule has 1 unspecified atom stereocenters. The number of benzene rings is 1. The number of hydrogen-bond acceptors (Lipinski definition) is 3. The summed E-state index contributed by atoms with van der Waals surface area (Å²) >= 11 is 6.04. The maximum atomic E-state index is 12.1. The van der Waals surface area contributed by atoms with E-state index in [1.54, 1.807) is 19.1 Å². The van der Waals surface area contributed by atoms with E-state index in [2.05, 4.69) is 15.6 Å². The Morgan fingerprint density at radius 1 is 1.38 bits per heavy atom. The van der Waals surface area contributed by atoms with Gasteiger partial charge < -0.3 is 20.3 Å². The molecule has 0 spiro atoms. The number of hydrogen-bond donors (Lipinski definition) is 2. The van der Waals surface area contributed by atoms with Crippen molar-refractivity contribution in [1.82, 2.24) is 15.5 Å². The van der Waals surface area contributed by atoms with Crippen LogP contribution in [0.1, 0.15) is 32.4 Å². The minimum absolute atomic E-state index is 0. The molecule has 0 aliphatic rings. The van der Waals surface area contributed by atoms with Crippen molar-refractivity contribution < 1.29 is 9.53 Å². The summed E-state index contributed by atoms with van der Waals surface area (Å²) in [5.74, 6) is 0.559. The first-order valence-corrected chi connectivity index (χ1v) is 8.55. The van der Waals surface area contributed by atoms with Crippen molar-refractivity contribution in [3.05, 3.63) is 34.9 Å². The topological polar surface area (TPSA) is 66.0 Å². The van der Waals surface area contributed by atoms with Gasteiger partial charge >= 0.3 is 0 Å². The maximum Gasteiger partial charge on any atom is 0.240 e. The summed E-state index contributed by atoms with van der Waals surface area (Å²) < 4.78 is 5.54. The van der Waals surface area contributed by atoms with Crippen molar-refractivity contribution >= 4 is 47.4 Å². The number of halogens is 2. The van der Waals surface area contributed by atoms with Gasteiger partial charge in [-0.25, -0.2) is 0 Å². The molecular weight excluding hydrogens is 467 g/mol. The Hall–Kier alpha value is -1.06. The van der Waals surface area contributed by atoms with Crippen molar-refractivity contribution in [3.8, 4) is 0 Å². The second kappa shape index (κ2) is 11.6. The lowest BCUT2D eigenvalue weighted by Gasteiger charge is -2.26. The van der Waals surface area contributed by atoms with Crippen LogP contribution in [0.15, 0.2) is 29.3 Å². The van der Waals surface area contributed by atoms with Crippen LogP contribution in [-0.2, 0) is 9.53 Å². The SMILES string of the molecule is CN=C(NCC(OC)c1cccc(Cl)c1)N(C)CC(=O)NC(C)(C)C.I. The van der Waals surface area contributed by atoms with Crippen molar-refractivity contribution in [2.75, 3.05) is 34.3 Å². The smallest absolute Gasteiger partial charge is 0.240 e. The first-order valence-electron chi connectivity index (χ1n) is 8.17. The van der Waals surface area contributed by atoms with Gasteiger partial charge in [0.25, 0.3) is 0 Å². The van der Waals surface area contributed by atoms with Crippen molar-refractivity contribution in [2.24, 2.45) is 4.99 Å². The van der Waals surface area contributed by atoms with Gasteiger partial charge in [-0.1, -0.05) is 23.7 Å². The lowest BCUT2D eigenvalue weighted by molar-refractivity contribution is -0.122. The van der Waals surface area contributed by atoms with E-state index in [0.29, 0.717) is 17.5 Å². The zero-order valence-corrected chi connectivity index (χ0v) is 19.4. The van der Waals surface area contributed by atoms with Crippen LogP contribution < -0.4 is 10.6 Å². The van der Waals surface area contributed by atoms with E-state index in [0.717, 1.165) is 5.56 Å². The van der Waals surface area contributed by atoms with E-state index in [4.69, 9.17) is 16.3 Å². The summed E-state index contributed by atoms with van der Waals surface area (Å²) in [6.07, 6.45) is -0.174. The van der Waals surface area contributed by atoms with Crippen LogP contribution in [0.3, 0.4) is 0 Å². The third-order valence-corrected chi connectivity index (χ3v) is 3.65. The van der Waals surface area contributed by atoms with E-state index in [9.17, 15) is 4.79 Å². The van der Waals surface area contributed by atoms with Crippen LogP contribution in [0, 0.1) is 0 Å². The lowest BCUT2D eigenvalue weighted by atomic mass is 10.1. The third-order valence-electron chi connectivity index (χ3n) is 3.42. The molecule has 1 aromatic carbocycles. The predicted octanol–water partition coefficient (Wildman–Crippen LogP) is 3.07. The average Bonchev–Trinajstić information content (AvgIpc) is 2.49. The standard InChI is InChI=1S/C18H29ClN4O2.HI/c1-18(2,3)22-16(24)12-23(5)17(20-4)21-11-15(25-6)13-8-7-9-14(19)10-13;/h7-10,15H,11-12H2,1-6H3,(H,20,21)(H,22,24);1H. The summed E-state index contributed by atoms with van der Waals surface area (Å²) in [6, 6.07) is 7.55. The largest absolute Gasteiger partial charge is 0.375 e. The van der Waals surface area contributed by atoms with Crippen LogP contribution >= 0.6 is 35.6 Å². The Morgan fingerprint density at radius 3 is 2.54 bits per heavy atom. The Balaban J connectivity index is 0.00000625. The number of carbonyl (C=O) groups is 1. The number of nitrogens with zero attached hydrogens (tertiary/aromatic N) is 2. The molecule has 0 heterocycles. The fraction of sp³-hybridized carbons (Fsp3) is 0.556. The molecule has 0 aliphatic carbocycles. The minimum atomic E-state index is -0.261. The highest BCUT2D eigenvalue weighted by molar-refractivity contribution is 14.0.